The van der Waals surface area contributed by atoms with Crippen molar-refractivity contribution in [3.8, 4) is 0 Å². The van der Waals surface area contributed by atoms with Gasteiger partial charge in [-0.05, 0) is 26.7 Å². The van der Waals surface area contributed by atoms with Crippen LogP contribution < -0.4 is 5.32 Å². The molecule has 0 amide bonds. The van der Waals surface area contributed by atoms with Gasteiger partial charge in [0.1, 0.15) is 0 Å². The molecule has 86 valence electrons. The van der Waals surface area contributed by atoms with E-state index in [9.17, 15) is 0 Å². The number of aromatic nitrogens is 2. The molecule has 0 saturated carbocycles. The number of hydrogen-bond acceptors (Lipinski definition) is 2. The van der Waals surface area contributed by atoms with E-state index in [0.717, 1.165) is 18.8 Å². The summed E-state index contributed by atoms with van der Waals surface area (Å²) in [6, 6.07) is 0.579. The fraction of sp³-hybridized carbons (Fsp3) is 0.750. The summed E-state index contributed by atoms with van der Waals surface area (Å²) in [4.78, 5) is 4.28. The van der Waals surface area contributed by atoms with E-state index in [1.807, 2.05) is 6.33 Å². The van der Waals surface area contributed by atoms with Crippen LogP contribution in [0.5, 0.6) is 0 Å². The van der Waals surface area contributed by atoms with Gasteiger partial charge in [0, 0.05) is 24.8 Å². The SMILES string of the molecule is Cc1ncn(CCNC(C)C(C)C)c1C. The largest absolute Gasteiger partial charge is 0.333 e. The number of imidazole rings is 1. The van der Waals surface area contributed by atoms with E-state index in [1.54, 1.807) is 0 Å². The second-order valence-corrected chi connectivity index (χ2v) is 4.60. The van der Waals surface area contributed by atoms with Crippen LogP contribution in [0, 0.1) is 19.8 Å². The molecular formula is C12H23N3. The molecule has 1 atom stereocenters. The highest BCUT2D eigenvalue weighted by Crippen LogP contribution is 2.04. The summed E-state index contributed by atoms with van der Waals surface area (Å²) in [5, 5.41) is 3.52. The maximum Gasteiger partial charge on any atom is 0.0951 e. The van der Waals surface area contributed by atoms with Crippen LogP contribution in [0.3, 0.4) is 0 Å². The van der Waals surface area contributed by atoms with Gasteiger partial charge in [-0.3, -0.25) is 0 Å². The van der Waals surface area contributed by atoms with E-state index in [1.165, 1.54) is 5.69 Å². The molecule has 1 aromatic rings. The van der Waals surface area contributed by atoms with Crippen molar-refractivity contribution in [2.24, 2.45) is 5.92 Å². The minimum atomic E-state index is 0.579. The molecule has 0 aliphatic heterocycles. The summed E-state index contributed by atoms with van der Waals surface area (Å²) >= 11 is 0. The third-order valence-electron chi connectivity index (χ3n) is 3.16. The molecule has 0 aromatic carbocycles. The van der Waals surface area contributed by atoms with Gasteiger partial charge in [-0.1, -0.05) is 13.8 Å². The monoisotopic (exact) mass is 209 g/mol. The van der Waals surface area contributed by atoms with E-state index < -0.39 is 0 Å². The van der Waals surface area contributed by atoms with Crippen molar-refractivity contribution in [3.63, 3.8) is 0 Å². The van der Waals surface area contributed by atoms with Crippen molar-refractivity contribution in [1.29, 1.82) is 0 Å². The smallest absolute Gasteiger partial charge is 0.0951 e. The van der Waals surface area contributed by atoms with Crippen molar-refractivity contribution in [2.45, 2.75) is 47.2 Å². The van der Waals surface area contributed by atoms with Crippen molar-refractivity contribution in [3.05, 3.63) is 17.7 Å². The fourth-order valence-electron chi connectivity index (χ4n) is 1.42. The summed E-state index contributed by atoms with van der Waals surface area (Å²) in [5.41, 5.74) is 2.40. The molecule has 0 saturated heterocycles. The summed E-state index contributed by atoms with van der Waals surface area (Å²) in [7, 11) is 0. The van der Waals surface area contributed by atoms with Gasteiger partial charge < -0.3 is 9.88 Å². The fourth-order valence-corrected chi connectivity index (χ4v) is 1.42. The lowest BCUT2D eigenvalue weighted by Gasteiger charge is -2.17. The quantitative estimate of drug-likeness (QED) is 0.805. The molecule has 3 heteroatoms. The summed E-state index contributed by atoms with van der Waals surface area (Å²) in [6.07, 6.45) is 1.92. The zero-order chi connectivity index (χ0) is 11.4. The third kappa shape index (κ3) is 3.34. The number of hydrogen-bond donors (Lipinski definition) is 1. The van der Waals surface area contributed by atoms with Crippen LogP contribution in [0.1, 0.15) is 32.2 Å². The van der Waals surface area contributed by atoms with Crippen LogP contribution in [-0.4, -0.2) is 22.1 Å². The number of nitrogens with one attached hydrogen (secondary N) is 1. The van der Waals surface area contributed by atoms with Gasteiger partial charge in [-0.15, -0.1) is 0 Å². The predicted molar refractivity (Wildman–Crippen MR) is 64.0 cm³/mol. The number of aryl methyl sites for hydroxylation is 1. The number of rotatable bonds is 5. The van der Waals surface area contributed by atoms with E-state index in [4.69, 9.17) is 0 Å². The van der Waals surface area contributed by atoms with Crippen LogP contribution in [0.4, 0.5) is 0 Å². The first-order chi connectivity index (χ1) is 7.02. The van der Waals surface area contributed by atoms with Crippen LogP contribution in [0.25, 0.3) is 0 Å². The zero-order valence-electron chi connectivity index (χ0n) is 10.5. The Hall–Kier alpha value is -0.830. The lowest BCUT2D eigenvalue weighted by atomic mass is 10.1. The van der Waals surface area contributed by atoms with Crippen LogP contribution in [-0.2, 0) is 6.54 Å². The second-order valence-electron chi connectivity index (χ2n) is 4.60. The molecule has 0 spiro atoms. The Morgan fingerprint density at radius 1 is 1.33 bits per heavy atom. The molecule has 0 aliphatic rings. The molecular weight excluding hydrogens is 186 g/mol. The first kappa shape index (κ1) is 12.2. The minimum absolute atomic E-state index is 0.579. The second kappa shape index (κ2) is 5.31. The first-order valence-electron chi connectivity index (χ1n) is 5.74. The molecule has 0 aliphatic carbocycles. The van der Waals surface area contributed by atoms with Crippen LogP contribution in [0.15, 0.2) is 6.33 Å². The zero-order valence-corrected chi connectivity index (χ0v) is 10.5. The molecule has 1 unspecified atom stereocenters. The Balaban J connectivity index is 2.35. The van der Waals surface area contributed by atoms with Gasteiger partial charge in [0.2, 0.25) is 0 Å². The Bertz CT molecular complexity index is 302. The van der Waals surface area contributed by atoms with Crippen molar-refractivity contribution < 1.29 is 0 Å². The molecule has 0 fully saturated rings. The van der Waals surface area contributed by atoms with Gasteiger partial charge in [-0.25, -0.2) is 4.98 Å². The molecule has 0 radical (unpaired) electrons. The summed E-state index contributed by atoms with van der Waals surface area (Å²) < 4.78 is 2.20. The lowest BCUT2D eigenvalue weighted by Crippen LogP contribution is -2.33. The topological polar surface area (TPSA) is 29.9 Å². The standard InChI is InChI=1S/C12H23N3/c1-9(2)10(3)13-6-7-15-8-14-11(4)12(15)5/h8-10,13H,6-7H2,1-5H3. The third-order valence-corrected chi connectivity index (χ3v) is 3.16. The molecule has 0 bridgehead atoms. The molecule has 15 heavy (non-hydrogen) atoms. The molecule has 1 N–H and O–H groups in total. The van der Waals surface area contributed by atoms with Crippen molar-refractivity contribution in [2.75, 3.05) is 6.54 Å². The molecule has 1 aromatic heterocycles. The van der Waals surface area contributed by atoms with Gasteiger partial charge in [0.05, 0.1) is 12.0 Å². The highest BCUT2D eigenvalue weighted by atomic mass is 15.1. The first-order valence-corrected chi connectivity index (χ1v) is 5.74. The molecule has 3 nitrogen and oxygen atoms in total. The Labute approximate surface area is 92.9 Å². The van der Waals surface area contributed by atoms with Crippen LogP contribution in [0.2, 0.25) is 0 Å². The summed E-state index contributed by atoms with van der Waals surface area (Å²) in [5.74, 6) is 0.690. The Morgan fingerprint density at radius 3 is 2.47 bits per heavy atom. The average Bonchev–Trinajstić information content (AvgIpc) is 2.49. The lowest BCUT2D eigenvalue weighted by molar-refractivity contribution is 0.415. The van der Waals surface area contributed by atoms with Gasteiger partial charge in [-0.2, -0.15) is 0 Å². The minimum Gasteiger partial charge on any atom is -0.333 e. The summed E-state index contributed by atoms with van der Waals surface area (Å²) in [6.45, 7) is 12.9. The van der Waals surface area contributed by atoms with E-state index >= 15 is 0 Å². The maximum absolute atomic E-state index is 4.28. The van der Waals surface area contributed by atoms with E-state index in [2.05, 4.69) is 49.5 Å². The average molecular weight is 209 g/mol. The van der Waals surface area contributed by atoms with Crippen molar-refractivity contribution in [1.82, 2.24) is 14.9 Å². The van der Waals surface area contributed by atoms with Crippen LogP contribution >= 0.6 is 0 Å². The predicted octanol–water partition coefficient (Wildman–Crippen LogP) is 2.13. The van der Waals surface area contributed by atoms with Gasteiger partial charge in [0.15, 0.2) is 0 Å². The molecule has 1 heterocycles. The highest BCUT2D eigenvalue weighted by molar-refractivity contribution is 5.08. The van der Waals surface area contributed by atoms with E-state index in [0.29, 0.717) is 12.0 Å². The number of nitrogens with zero attached hydrogens (tertiary/aromatic N) is 2. The Kier molecular flexibility index (Phi) is 4.33. The molecule has 1 rings (SSSR count). The Morgan fingerprint density at radius 2 is 2.00 bits per heavy atom. The van der Waals surface area contributed by atoms with Crippen molar-refractivity contribution >= 4 is 0 Å². The normalized spacial score (nSPS) is 13.5. The van der Waals surface area contributed by atoms with Gasteiger partial charge in [0.25, 0.3) is 0 Å². The maximum atomic E-state index is 4.28. The van der Waals surface area contributed by atoms with E-state index in [-0.39, 0.29) is 0 Å². The highest BCUT2D eigenvalue weighted by Gasteiger charge is 2.06. The van der Waals surface area contributed by atoms with Gasteiger partial charge >= 0.3 is 0 Å².